The van der Waals surface area contributed by atoms with Crippen LogP contribution in [0.5, 0.6) is 17.2 Å². The van der Waals surface area contributed by atoms with E-state index in [0.29, 0.717) is 54.3 Å². The van der Waals surface area contributed by atoms with Crippen LogP contribution in [0.15, 0.2) is 47.6 Å². The number of likely N-dealkylation sites (tertiary alicyclic amines) is 1. The summed E-state index contributed by atoms with van der Waals surface area (Å²) in [6, 6.07) is 12.5. The fraction of sp³-hybridized carbons (Fsp3) is 0.348. The first-order valence-corrected chi connectivity index (χ1v) is 10.0. The van der Waals surface area contributed by atoms with Gasteiger partial charge in [-0.3, -0.25) is 9.59 Å². The van der Waals surface area contributed by atoms with Gasteiger partial charge in [-0.1, -0.05) is 12.1 Å². The van der Waals surface area contributed by atoms with Gasteiger partial charge in [-0.25, -0.2) is 5.43 Å². The Morgan fingerprint density at radius 2 is 1.77 bits per heavy atom. The van der Waals surface area contributed by atoms with Crippen LogP contribution in [0.2, 0.25) is 0 Å². The van der Waals surface area contributed by atoms with Gasteiger partial charge in [0, 0.05) is 30.1 Å². The highest BCUT2D eigenvalue weighted by atomic mass is 16.5. The van der Waals surface area contributed by atoms with Gasteiger partial charge in [0.1, 0.15) is 5.75 Å². The summed E-state index contributed by atoms with van der Waals surface area (Å²) >= 11 is 0. The standard InChI is InChI=1S/C23H27N3O5/c1-29-19-8-4-6-17(14-19)23(28)26-12-10-16(11-13-26)22(27)25-24-15-18-7-5-9-20(30-2)21(18)31-3/h4-9,14-16H,10-13H2,1-3H3,(H,25,27)/b24-15-. The van der Waals surface area contributed by atoms with Crippen molar-refractivity contribution in [2.75, 3.05) is 34.4 Å². The lowest BCUT2D eigenvalue weighted by atomic mass is 9.95. The molecule has 0 atom stereocenters. The topological polar surface area (TPSA) is 89.5 Å². The van der Waals surface area contributed by atoms with Crippen LogP contribution in [-0.4, -0.2) is 57.3 Å². The number of rotatable bonds is 7. The number of amides is 2. The summed E-state index contributed by atoms with van der Waals surface area (Å²) in [5, 5.41) is 4.07. The molecular formula is C23H27N3O5. The molecule has 164 valence electrons. The lowest BCUT2D eigenvalue weighted by Gasteiger charge is -2.31. The fourth-order valence-electron chi connectivity index (χ4n) is 3.55. The van der Waals surface area contributed by atoms with Crippen LogP contribution in [0.4, 0.5) is 0 Å². The van der Waals surface area contributed by atoms with Gasteiger partial charge in [-0.2, -0.15) is 5.10 Å². The number of carbonyl (C=O) groups excluding carboxylic acids is 2. The van der Waals surface area contributed by atoms with Crippen molar-refractivity contribution in [3.63, 3.8) is 0 Å². The number of methoxy groups -OCH3 is 3. The summed E-state index contributed by atoms with van der Waals surface area (Å²) in [6.07, 6.45) is 2.69. The van der Waals surface area contributed by atoms with Gasteiger partial charge in [0.2, 0.25) is 5.91 Å². The van der Waals surface area contributed by atoms with Gasteiger partial charge >= 0.3 is 0 Å². The first kappa shape index (κ1) is 22.1. The minimum Gasteiger partial charge on any atom is -0.497 e. The number of hydrazone groups is 1. The molecule has 0 bridgehead atoms. The van der Waals surface area contributed by atoms with Crippen molar-refractivity contribution >= 4 is 18.0 Å². The highest BCUT2D eigenvalue weighted by Crippen LogP contribution is 2.29. The zero-order chi connectivity index (χ0) is 22.2. The van der Waals surface area contributed by atoms with E-state index >= 15 is 0 Å². The molecule has 2 amide bonds. The Kier molecular flexibility index (Phi) is 7.48. The number of ether oxygens (including phenoxy) is 3. The molecule has 1 saturated heterocycles. The van der Waals surface area contributed by atoms with E-state index in [0.717, 1.165) is 0 Å². The van der Waals surface area contributed by atoms with Gasteiger partial charge in [-0.15, -0.1) is 0 Å². The third kappa shape index (κ3) is 5.33. The summed E-state index contributed by atoms with van der Waals surface area (Å²) in [5.74, 6) is 1.37. The van der Waals surface area contributed by atoms with Gasteiger partial charge in [0.25, 0.3) is 5.91 Å². The normalized spacial score (nSPS) is 14.4. The maximum Gasteiger partial charge on any atom is 0.253 e. The number of nitrogens with zero attached hydrogens (tertiary/aromatic N) is 2. The van der Waals surface area contributed by atoms with Crippen molar-refractivity contribution in [1.82, 2.24) is 10.3 Å². The Hall–Kier alpha value is -3.55. The summed E-state index contributed by atoms with van der Waals surface area (Å²) < 4.78 is 15.8. The molecule has 8 heteroatoms. The monoisotopic (exact) mass is 425 g/mol. The lowest BCUT2D eigenvalue weighted by molar-refractivity contribution is -0.126. The van der Waals surface area contributed by atoms with E-state index in [-0.39, 0.29) is 17.7 Å². The summed E-state index contributed by atoms with van der Waals surface area (Å²) in [5.41, 5.74) is 3.87. The molecule has 8 nitrogen and oxygen atoms in total. The number of hydrogen-bond donors (Lipinski definition) is 1. The second-order valence-electron chi connectivity index (χ2n) is 7.12. The van der Waals surface area contributed by atoms with E-state index < -0.39 is 0 Å². The Labute approximate surface area is 181 Å². The summed E-state index contributed by atoms with van der Waals surface area (Å²) in [4.78, 5) is 27.0. The van der Waals surface area contributed by atoms with Crippen LogP contribution in [-0.2, 0) is 4.79 Å². The summed E-state index contributed by atoms with van der Waals surface area (Å²) in [7, 11) is 4.68. The molecule has 1 N–H and O–H groups in total. The van der Waals surface area contributed by atoms with Crippen molar-refractivity contribution in [3.8, 4) is 17.2 Å². The SMILES string of the molecule is COc1cccc(C(=O)N2CCC(C(=O)N/N=C\c3cccc(OC)c3OC)CC2)c1. The number of carbonyl (C=O) groups is 2. The van der Waals surface area contributed by atoms with E-state index in [2.05, 4.69) is 10.5 Å². The maximum atomic E-state index is 12.7. The molecule has 2 aromatic rings. The highest BCUT2D eigenvalue weighted by molar-refractivity contribution is 5.95. The molecule has 1 heterocycles. The third-order valence-corrected chi connectivity index (χ3v) is 5.28. The van der Waals surface area contributed by atoms with Gasteiger partial charge in [0.05, 0.1) is 27.5 Å². The number of nitrogens with one attached hydrogen (secondary N) is 1. The zero-order valence-electron chi connectivity index (χ0n) is 18.0. The predicted octanol–water partition coefficient (Wildman–Crippen LogP) is 2.71. The summed E-state index contributed by atoms with van der Waals surface area (Å²) in [6.45, 7) is 1.03. The predicted molar refractivity (Wildman–Crippen MR) is 117 cm³/mol. The molecule has 0 aliphatic carbocycles. The van der Waals surface area contributed by atoms with Crippen molar-refractivity contribution in [3.05, 3.63) is 53.6 Å². The number of piperidine rings is 1. The molecule has 1 fully saturated rings. The van der Waals surface area contributed by atoms with E-state index in [4.69, 9.17) is 14.2 Å². The first-order chi connectivity index (χ1) is 15.1. The molecule has 0 radical (unpaired) electrons. The Morgan fingerprint density at radius 1 is 1.03 bits per heavy atom. The van der Waals surface area contributed by atoms with E-state index in [9.17, 15) is 9.59 Å². The maximum absolute atomic E-state index is 12.7. The lowest BCUT2D eigenvalue weighted by Crippen LogP contribution is -2.42. The second kappa shape index (κ2) is 10.5. The minimum atomic E-state index is -0.196. The van der Waals surface area contributed by atoms with Crippen molar-refractivity contribution in [1.29, 1.82) is 0 Å². The molecule has 1 aliphatic heterocycles. The number of benzene rings is 2. The second-order valence-corrected chi connectivity index (χ2v) is 7.12. The fourth-order valence-corrected chi connectivity index (χ4v) is 3.55. The molecule has 1 aliphatic rings. The van der Waals surface area contributed by atoms with Gasteiger partial charge < -0.3 is 19.1 Å². The largest absolute Gasteiger partial charge is 0.497 e. The molecule has 0 spiro atoms. The van der Waals surface area contributed by atoms with Crippen molar-refractivity contribution in [2.45, 2.75) is 12.8 Å². The van der Waals surface area contributed by atoms with Crippen LogP contribution in [0, 0.1) is 5.92 Å². The van der Waals surface area contributed by atoms with E-state index in [1.165, 1.54) is 6.21 Å². The van der Waals surface area contributed by atoms with Crippen LogP contribution in [0.1, 0.15) is 28.8 Å². The van der Waals surface area contributed by atoms with E-state index in [1.54, 1.807) is 56.6 Å². The Bertz CT molecular complexity index is 952. The molecule has 0 aromatic heterocycles. The smallest absolute Gasteiger partial charge is 0.253 e. The quantitative estimate of drug-likeness (QED) is 0.544. The van der Waals surface area contributed by atoms with Crippen molar-refractivity contribution in [2.24, 2.45) is 11.0 Å². The Morgan fingerprint density at radius 3 is 2.45 bits per heavy atom. The third-order valence-electron chi connectivity index (χ3n) is 5.28. The molecule has 0 unspecified atom stereocenters. The van der Waals surface area contributed by atoms with Crippen LogP contribution in [0.25, 0.3) is 0 Å². The molecule has 2 aromatic carbocycles. The molecule has 31 heavy (non-hydrogen) atoms. The molecule has 0 saturated carbocycles. The van der Waals surface area contributed by atoms with Crippen LogP contribution < -0.4 is 19.6 Å². The minimum absolute atomic E-state index is 0.0547. The van der Waals surface area contributed by atoms with Crippen LogP contribution >= 0.6 is 0 Å². The van der Waals surface area contributed by atoms with Gasteiger partial charge in [0.15, 0.2) is 11.5 Å². The molecular weight excluding hydrogens is 398 g/mol. The molecule has 3 rings (SSSR count). The zero-order valence-corrected chi connectivity index (χ0v) is 18.0. The van der Waals surface area contributed by atoms with Crippen molar-refractivity contribution < 1.29 is 23.8 Å². The van der Waals surface area contributed by atoms with Gasteiger partial charge in [-0.05, 0) is 43.2 Å². The highest BCUT2D eigenvalue weighted by Gasteiger charge is 2.27. The average Bonchev–Trinajstić information content (AvgIpc) is 2.83. The van der Waals surface area contributed by atoms with E-state index in [1.807, 2.05) is 12.1 Å². The number of hydrogen-bond acceptors (Lipinski definition) is 6. The first-order valence-electron chi connectivity index (χ1n) is 10.0. The number of para-hydroxylation sites is 1. The average molecular weight is 425 g/mol. The van der Waals surface area contributed by atoms with Crippen LogP contribution in [0.3, 0.4) is 0 Å². The Balaban J connectivity index is 1.54.